The zero-order valence-electron chi connectivity index (χ0n) is 11.3. The average molecular weight is 280 g/mol. The summed E-state index contributed by atoms with van der Waals surface area (Å²) >= 11 is 0. The number of aliphatic carboxylic acids is 1. The number of halogens is 1. The van der Waals surface area contributed by atoms with Gasteiger partial charge in [0.2, 0.25) is 5.95 Å². The Kier molecular flexibility index (Phi) is 4.01. The maximum absolute atomic E-state index is 13.0. The van der Waals surface area contributed by atoms with E-state index in [2.05, 4.69) is 4.98 Å². The fourth-order valence-electron chi connectivity index (χ4n) is 2.73. The highest BCUT2D eigenvalue weighted by Crippen LogP contribution is 2.36. The summed E-state index contributed by atoms with van der Waals surface area (Å²) in [5.41, 5.74) is -0.661. The van der Waals surface area contributed by atoms with E-state index >= 15 is 0 Å². The normalized spacial score (nSPS) is 22.0. The molecular weight excluding hydrogens is 263 g/mol. The molecule has 1 amide bonds. The van der Waals surface area contributed by atoms with Gasteiger partial charge in [0.1, 0.15) is 0 Å². The van der Waals surface area contributed by atoms with Crippen molar-refractivity contribution in [2.45, 2.75) is 26.2 Å². The lowest BCUT2D eigenvalue weighted by atomic mass is 9.83. The van der Waals surface area contributed by atoms with E-state index in [9.17, 15) is 19.1 Å². The minimum Gasteiger partial charge on any atom is -0.481 e. The zero-order valence-corrected chi connectivity index (χ0v) is 11.3. The molecule has 1 saturated heterocycles. The van der Waals surface area contributed by atoms with Crippen LogP contribution in [0.5, 0.6) is 0 Å². The fourth-order valence-corrected chi connectivity index (χ4v) is 2.73. The van der Waals surface area contributed by atoms with Crippen LogP contribution in [0.2, 0.25) is 0 Å². The molecule has 1 aliphatic heterocycles. The van der Waals surface area contributed by atoms with E-state index in [1.807, 2.05) is 6.92 Å². The van der Waals surface area contributed by atoms with Crippen LogP contribution in [0.4, 0.5) is 4.39 Å². The first-order valence-corrected chi connectivity index (χ1v) is 6.63. The predicted octanol–water partition coefficient (Wildman–Crippen LogP) is 1.94. The maximum Gasteiger partial charge on any atom is 0.311 e. The number of carbonyl (C=O) groups is 2. The quantitative estimate of drug-likeness (QED) is 0.856. The van der Waals surface area contributed by atoms with Crippen LogP contribution in [0, 0.1) is 11.4 Å². The van der Waals surface area contributed by atoms with Crippen molar-refractivity contribution in [3.05, 3.63) is 29.8 Å². The molecule has 20 heavy (non-hydrogen) atoms. The largest absolute Gasteiger partial charge is 0.481 e. The van der Waals surface area contributed by atoms with E-state index in [1.54, 1.807) is 0 Å². The predicted molar refractivity (Wildman–Crippen MR) is 69.7 cm³/mol. The monoisotopic (exact) mass is 280 g/mol. The molecule has 0 aliphatic carbocycles. The third-order valence-corrected chi connectivity index (χ3v) is 3.80. The molecule has 1 N–H and O–H groups in total. The second kappa shape index (κ2) is 5.56. The summed E-state index contributed by atoms with van der Waals surface area (Å²) in [5, 5.41) is 9.40. The van der Waals surface area contributed by atoms with Crippen molar-refractivity contribution >= 4 is 11.9 Å². The molecule has 6 heteroatoms. The molecule has 0 aromatic carbocycles. The summed E-state index contributed by atoms with van der Waals surface area (Å²) in [6.07, 6.45) is 2.96. The highest BCUT2D eigenvalue weighted by atomic mass is 19.1. The number of carbonyl (C=O) groups excluding carboxylic acids is 1. The van der Waals surface area contributed by atoms with Crippen LogP contribution >= 0.6 is 0 Å². The highest BCUT2D eigenvalue weighted by Gasteiger charge is 2.45. The van der Waals surface area contributed by atoms with Gasteiger partial charge in [0, 0.05) is 30.9 Å². The highest BCUT2D eigenvalue weighted by molar-refractivity contribution is 5.95. The van der Waals surface area contributed by atoms with Crippen molar-refractivity contribution in [2.75, 3.05) is 13.1 Å². The summed E-state index contributed by atoms with van der Waals surface area (Å²) < 4.78 is 13.0. The van der Waals surface area contributed by atoms with Crippen LogP contribution in [-0.4, -0.2) is 40.0 Å². The number of carboxylic acid groups (broad SMARTS) is 1. The molecular formula is C14H17FN2O3. The number of amides is 1. The van der Waals surface area contributed by atoms with E-state index < -0.39 is 17.3 Å². The van der Waals surface area contributed by atoms with E-state index in [4.69, 9.17) is 0 Å². The fraction of sp³-hybridized carbons (Fsp3) is 0.500. The Balaban J connectivity index is 2.16. The molecule has 5 nitrogen and oxygen atoms in total. The molecule has 1 aromatic heterocycles. The zero-order chi connectivity index (χ0) is 14.8. The van der Waals surface area contributed by atoms with E-state index in [1.165, 1.54) is 17.2 Å². The van der Waals surface area contributed by atoms with Crippen LogP contribution in [0.25, 0.3) is 0 Å². The van der Waals surface area contributed by atoms with Crippen LogP contribution in [-0.2, 0) is 4.79 Å². The molecule has 1 atom stereocenters. The lowest BCUT2D eigenvalue weighted by molar-refractivity contribution is -0.148. The Bertz CT molecular complexity index is 535. The average Bonchev–Trinajstić information content (AvgIpc) is 2.84. The number of rotatable bonds is 4. The van der Waals surface area contributed by atoms with Crippen molar-refractivity contribution < 1.29 is 19.1 Å². The molecule has 0 spiro atoms. The first-order valence-electron chi connectivity index (χ1n) is 6.63. The first-order chi connectivity index (χ1) is 9.48. The van der Waals surface area contributed by atoms with E-state index in [0.29, 0.717) is 19.4 Å². The van der Waals surface area contributed by atoms with Gasteiger partial charge in [-0.2, -0.15) is 4.39 Å². The number of aromatic nitrogens is 1. The summed E-state index contributed by atoms with van der Waals surface area (Å²) in [5.74, 6) is -1.92. The van der Waals surface area contributed by atoms with Gasteiger partial charge in [0.15, 0.2) is 0 Å². The van der Waals surface area contributed by atoms with Crippen molar-refractivity contribution in [3.63, 3.8) is 0 Å². The molecule has 1 unspecified atom stereocenters. The number of pyridine rings is 1. The molecule has 1 aromatic rings. The third-order valence-electron chi connectivity index (χ3n) is 3.80. The lowest BCUT2D eigenvalue weighted by Gasteiger charge is -2.24. The molecule has 0 bridgehead atoms. The van der Waals surface area contributed by atoms with Gasteiger partial charge in [0.25, 0.3) is 5.91 Å². The van der Waals surface area contributed by atoms with Gasteiger partial charge < -0.3 is 10.0 Å². The van der Waals surface area contributed by atoms with Crippen molar-refractivity contribution in [1.29, 1.82) is 0 Å². The lowest BCUT2D eigenvalue weighted by Crippen LogP contribution is -2.37. The molecule has 2 rings (SSSR count). The second-order valence-electron chi connectivity index (χ2n) is 5.18. The smallest absolute Gasteiger partial charge is 0.311 e. The Morgan fingerprint density at radius 2 is 2.30 bits per heavy atom. The molecule has 1 aliphatic rings. The van der Waals surface area contributed by atoms with Gasteiger partial charge in [-0.3, -0.25) is 9.59 Å². The van der Waals surface area contributed by atoms with Crippen molar-refractivity contribution in [1.82, 2.24) is 9.88 Å². The van der Waals surface area contributed by atoms with Crippen LogP contribution in [0.15, 0.2) is 18.3 Å². The van der Waals surface area contributed by atoms with E-state index in [-0.39, 0.29) is 18.0 Å². The number of hydrogen-bond acceptors (Lipinski definition) is 3. The summed E-state index contributed by atoms with van der Waals surface area (Å²) in [7, 11) is 0. The van der Waals surface area contributed by atoms with Gasteiger partial charge in [-0.15, -0.1) is 0 Å². The molecule has 0 saturated carbocycles. The van der Waals surface area contributed by atoms with Crippen molar-refractivity contribution in [3.8, 4) is 0 Å². The summed E-state index contributed by atoms with van der Waals surface area (Å²) in [4.78, 5) is 28.6. The van der Waals surface area contributed by atoms with Crippen LogP contribution in [0.3, 0.4) is 0 Å². The Morgan fingerprint density at radius 1 is 1.55 bits per heavy atom. The van der Waals surface area contributed by atoms with Crippen LogP contribution < -0.4 is 0 Å². The van der Waals surface area contributed by atoms with Gasteiger partial charge in [-0.05, 0) is 18.9 Å². The first kappa shape index (κ1) is 14.4. The number of nitrogens with zero attached hydrogens (tertiary/aromatic N) is 2. The van der Waals surface area contributed by atoms with Crippen molar-refractivity contribution in [2.24, 2.45) is 5.41 Å². The molecule has 1 fully saturated rings. The molecule has 108 valence electrons. The minimum atomic E-state index is -0.865. The molecule has 0 radical (unpaired) electrons. The SMILES string of the molecule is CCCC1(C(=O)O)CCN(C(=O)c2ccnc(F)c2)C1. The van der Waals surface area contributed by atoms with Crippen LogP contribution in [0.1, 0.15) is 36.5 Å². The summed E-state index contributed by atoms with van der Waals surface area (Å²) in [6, 6.07) is 2.51. The Hall–Kier alpha value is -1.98. The third kappa shape index (κ3) is 2.64. The van der Waals surface area contributed by atoms with E-state index in [0.717, 1.165) is 12.5 Å². The molecule has 2 heterocycles. The van der Waals surface area contributed by atoms with Gasteiger partial charge in [0.05, 0.1) is 5.41 Å². The standard InChI is InChI=1S/C14H17FN2O3/c1-2-4-14(13(19)20)5-7-17(9-14)12(18)10-3-6-16-11(15)8-10/h3,6,8H,2,4-5,7,9H2,1H3,(H,19,20). The van der Waals surface area contributed by atoms with Gasteiger partial charge >= 0.3 is 5.97 Å². The topological polar surface area (TPSA) is 70.5 Å². The minimum absolute atomic E-state index is 0.180. The van der Waals surface area contributed by atoms with Gasteiger partial charge in [-0.25, -0.2) is 4.98 Å². The number of carboxylic acids is 1. The second-order valence-corrected chi connectivity index (χ2v) is 5.18. The maximum atomic E-state index is 13.0. The Morgan fingerprint density at radius 3 is 2.90 bits per heavy atom. The number of likely N-dealkylation sites (tertiary alicyclic amines) is 1. The number of hydrogen-bond donors (Lipinski definition) is 1. The van der Waals surface area contributed by atoms with Gasteiger partial charge in [-0.1, -0.05) is 13.3 Å². The Labute approximate surface area is 116 Å². The summed E-state index contributed by atoms with van der Waals surface area (Å²) in [6.45, 7) is 2.49.